The van der Waals surface area contributed by atoms with Crippen LogP contribution in [0.1, 0.15) is 5.56 Å². The summed E-state index contributed by atoms with van der Waals surface area (Å²) in [5.74, 6) is -0.272. The molecule has 0 radical (unpaired) electrons. The summed E-state index contributed by atoms with van der Waals surface area (Å²) in [4.78, 5) is 25.8. The van der Waals surface area contributed by atoms with Crippen molar-refractivity contribution in [1.29, 1.82) is 0 Å². The van der Waals surface area contributed by atoms with E-state index in [2.05, 4.69) is 5.32 Å². The lowest BCUT2D eigenvalue weighted by Crippen LogP contribution is -2.42. The minimum atomic E-state index is -0.606. The molecule has 0 bridgehead atoms. The number of ether oxygens (including phenoxy) is 1. The van der Waals surface area contributed by atoms with Crippen molar-refractivity contribution < 1.29 is 18.7 Å². The first-order valence-electron chi connectivity index (χ1n) is 7.58. The Balaban J connectivity index is 1.55. The van der Waals surface area contributed by atoms with Crippen LogP contribution in [0.4, 0.5) is 10.1 Å². The van der Waals surface area contributed by atoms with Gasteiger partial charge in [0.2, 0.25) is 5.91 Å². The van der Waals surface area contributed by atoms with Crippen molar-refractivity contribution >= 4 is 17.5 Å². The zero-order chi connectivity index (χ0) is 17.1. The van der Waals surface area contributed by atoms with E-state index >= 15 is 0 Å². The van der Waals surface area contributed by atoms with Gasteiger partial charge in [0.15, 0.2) is 6.10 Å². The lowest BCUT2D eigenvalue weighted by atomic mass is 10.1. The average Bonchev–Trinajstić information content (AvgIpc) is 3.00. The number of hydrogen-bond acceptors (Lipinski definition) is 3. The van der Waals surface area contributed by atoms with Crippen LogP contribution < -0.4 is 10.1 Å². The summed E-state index contributed by atoms with van der Waals surface area (Å²) < 4.78 is 18.5. The van der Waals surface area contributed by atoms with Crippen molar-refractivity contribution in [1.82, 2.24) is 4.90 Å². The molecule has 0 fully saturated rings. The Morgan fingerprint density at radius 2 is 1.92 bits per heavy atom. The maximum atomic E-state index is 12.8. The number of hydrogen-bond donors (Lipinski definition) is 1. The molecule has 0 saturated carbocycles. The number of carbonyl (C=O) groups is 2. The minimum Gasteiger partial charge on any atom is -0.480 e. The van der Waals surface area contributed by atoms with E-state index in [4.69, 9.17) is 4.74 Å². The Morgan fingerprint density at radius 3 is 2.62 bits per heavy atom. The van der Waals surface area contributed by atoms with Gasteiger partial charge in [-0.15, -0.1) is 0 Å². The maximum Gasteiger partial charge on any atom is 0.264 e. The molecule has 0 aromatic heterocycles. The van der Waals surface area contributed by atoms with Gasteiger partial charge < -0.3 is 15.0 Å². The van der Waals surface area contributed by atoms with Crippen LogP contribution in [-0.2, 0) is 16.0 Å². The van der Waals surface area contributed by atoms with E-state index in [1.165, 1.54) is 29.2 Å². The molecule has 124 valence electrons. The van der Waals surface area contributed by atoms with E-state index in [-0.39, 0.29) is 24.2 Å². The first-order valence-corrected chi connectivity index (χ1v) is 7.58. The average molecular weight is 328 g/mol. The predicted molar refractivity (Wildman–Crippen MR) is 87.2 cm³/mol. The largest absolute Gasteiger partial charge is 0.480 e. The van der Waals surface area contributed by atoms with Gasteiger partial charge in [0.1, 0.15) is 11.6 Å². The zero-order valence-electron chi connectivity index (χ0n) is 13.2. The molecule has 1 N–H and O–H groups in total. The quantitative estimate of drug-likeness (QED) is 0.936. The molecule has 0 unspecified atom stereocenters. The van der Waals surface area contributed by atoms with Crippen molar-refractivity contribution in [2.75, 3.05) is 18.9 Å². The van der Waals surface area contributed by atoms with Crippen molar-refractivity contribution in [2.45, 2.75) is 12.5 Å². The van der Waals surface area contributed by atoms with Crippen molar-refractivity contribution in [2.24, 2.45) is 0 Å². The van der Waals surface area contributed by atoms with E-state index in [1.807, 2.05) is 24.3 Å². The van der Waals surface area contributed by atoms with Crippen LogP contribution in [0.25, 0.3) is 0 Å². The molecular formula is C18H17FN2O3. The Bertz CT molecular complexity index is 736. The highest BCUT2D eigenvalue weighted by Gasteiger charge is 2.31. The van der Waals surface area contributed by atoms with Gasteiger partial charge in [-0.05, 0) is 35.9 Å². The number of rotatable bonds is 4. The third kappa shape index (κ3) is 3.53. The van der Waals surface area contributed by atoms with Gasteiger partial charge in [-0.3, -0.25) is 9.59 Å². The number of likely N-dealkylation sites (N-methyl/N-ethyl adjacent to an activating group) is 1. The van der Waals surface area contributed by atoms with Crippen LogP contribution in [0.15, 0.2) is 48.5 Å². The molecule has 1 aliphatic heterocycles. The van der Waals surface area contributed by atoms with E-state index in [1.54, 1.807) is 7.05 Å². The van der Waals surface area contributed by atoms with Gasteiger partial charge in [0, 0.05) is 19.2 Å². The van der Waals surface area contributed by atoms with Gasteiger partial charge in [0.05, 0.1) is 6.54 Å². The Morgan fingerprint density at radius 1 is 1.21 bits per heavy atom. The summed E-state index contributed by atoms with van der Waals surface area (Å²) in [5.41, 5.74) is 1.46. The number of para-hydroxylation sites is 1. The molecule has 1 atom stereocenters. The van der Waals surface area contributed by atoms with Crippen LogP contribution in [0, 0.1) is 5.82 Å². The second-order valence-corrected chi connectivity index (χ2v) is 5.67. The molecule has 6 heteroatoms. The number of carbonyl (C=O) groups excluding carboxylic acids is 2. The summed E-state index contributed by atoms with van der Waals surface area (Å²) >= 11 is 0. The molecule has 1 aliphatic rings. The van der Waals surface area contributed by atoms with E-state index < -0.39 is 6.10 Å². The summed E-state index contributed by atoms with van der Waals surface area (Å²) in [5, 5.41) is 2.62. The minimum absolute atomic E-state index is 0.105. The van der Waals surface area contributed by atoms with Crippen LogP contribution in [0.2, 0.25) is 0 Å². The van der Waals surface area contributed by atoms with Gasteiger partial charge >= 0.3 is 0 Å². The number of benzene rings is 2. The van der Waals surface area contributed by atoms with E-state index in [9.17, 15) is 14.0 Å². The smallest absolute Gasteiger partial charge is 0.264 e. The second kappa shape index (κ2) is 6.70. The standard InChI is InChI=1S/C18H17FN2O3/c1-21(11-17(22)20-14-8-6-13(19)7-9-14)18(23)16-10-12-4-2-3-5-15(12)24-16/h2-9,16H,10-11H2,1H3,(H,20,22)/t16-/m1/s1. The van der Waals surface area contributed by atoms with Gasteiger partial charge in [-0.1, -0.05) is 18.2 Å². The fourth-order valence-corrected chi connectivity index (χ4v) is 2.59. The molecule has 0 saturated heterocycles. The fraction of sp³-hybridized carbons (Fsp3) is 0.222. The molecule has 5 nitrogen and oxygen atoms in total. The monoisotopic (exact) mass is 328 g/mol. The van der Waals surface area contributed by atoms with Crippen LogP contribution >= 0.6 is 0 Å². The van der Waals surface area contributed by atoms with Crippen molar-refractivity contribution in [3.05, 3.63) is 59.9 Å². The third-order valence-corrected chi connectivity index (χ3v) is 3.81. The molecule has 0 spiro atoms. The number of anilines is 1. The maximum absolute atomic E-state index is 12.8. The predicted octanol–water partition coefficient (Wildman–Crippen LogP) is 2.23. The van der Waals surface area contributed by atoms with Gasteiger partial charge in [0.25, 0.3) is 5.91 Å². The first-order chi connectivity index (χ1) is 11.5. The third-order valence-electron chi connectivity index (χ3n) is 3.81. The highest BCUT2D eigenvalue weighted by Crippen LogP contribution is 2.28. The number of nitrogens with one attached hydrogen (secondary N) is 1. The second-order valence-electron chi connectivity index (χ2n) is 5.67. The highest BCUT2D eigenvalue weighted by molar-refractivity contribution is 5.95. The van der Waals surface area contributed by atoms with Gasteiger partial charge in [-0.2, -0.15) is 0 Å². The van der Waals surface area contributed by atoms with Crippen molar-refractivity contribution in [3.8, 4) is 5.75 Å². The Kier molecular flexibility index (Phi) is 4.46. The zero-order valence-corrected chi connectivity index (χ0v) is 13.2. The molecule has 3 rings (SSSR count). The number of fused-ring (bicyclic) bond motifs is 1. The Labute approximate surface area is 139 Å². The van der Waals surface area contributed by atoms with Crippen LogP contribution in [0.5, 0.6) is 5.75 Å². The summed E-state index contributed by atoms with van der Waals surface area (Å²) in [6.45, 7) is -0.105. The summed E-state index contributed by atoms with van der Waals surface area (Å²) in [6.07, 6.45) is -0.107. The first kappa shape index (κ1) is 16.0. The van der Waals surface area contributed by atoms with Crippen LogP contribution in [0.3, 0.4) is 0 Å². The molecule has 24 heavy (non-hydrogen) atoms. The number of amides is 2. The normalized spacial score (nSPS) is 15.3. The lowest BCUT2D eigenvalue weighted by Gasteiger charge is -2.20. The van der Waals surface area contributed by atoms with Crippen molar-refractivity contribution in [3.63, 3.8) is 0 Å². The number of halogens is 1. The Hall–Kier alpha value is -2.89. The van der Waals surface area contributed by atoms with E-state index in [0.717, 1.165) is 5.56 Å². The summed E-state index contributed by atoms with van der Waals surface area (Å²) in [6, 6.07) is 12.9. The SMILES string of the molecule is CN(CC(=O)Nc1ccc(F)cc1)C(=O)[C@H]1Cc2ccccc2O1. The molecule has 1 heterocycles. The molecule has 2 aromatic rings. The molecular weight excluding hydrogens is 311 g/mol. The highest BCUT2D eigenvalue weighted by atomic mass is 19.1. The molecule has 2 amide bonds. The lowest BCUT2D eigenvalue weighted by molar-refractivity contribution is -0.139. The number of nitrogens with zero attached hydrogens (tertiary/aromatic N) is 1. The summed E-state index contributed by atoms with van der Waals surface area (Å²) in [7, 11) is 1.55. The molecule has 2 aromatic carbocycles. The van der Waals surface area contributed by atoms with E-state index in [0.29, 0.717) is 17.9 Å². The molecule has 0 aliphatic carbocycles. The fourth-order valence-electron chi connectivity index (χ4n) is 2.59. The van der Waals surface area contributed by atoms with Crippen LogP contribution in [-0.4, -0.2) is 36.4 Å². The topological polar surface area (TPSA) is 58.6 Å². The van der Waals surface area contributed by atoms with Gasteiger partial charge in [-0.25, -0.2) is 4.39 Å².